The van der Waals surface area contributed by atoms with Gasteiger partial charge in [-0.2, -0.15) is 0 Å². The first-order chi connectivity index (χ1) is 15.4. The lowest BCUT2D eigenvalue weighted by Gasteiger charge is -2.31. The smallest absolute Gasteiger partial charge is 0.244 e. The first kappa shape index (κ1) is 26.9. The van der Waals surface area contributed by atoms with Crippen LogP contribution in [0.2, 0.25) is 0 Å². The lowest BCUT2D eigenvalue weighted by molar-refractivity contribution is -0.139. The number of carbonyl (C=O) groups is 2. The van der Waals surface area contributed by atoms with E-state index in [9.17, 15) is 18.0 Å². The van der Waals surface area contributed by atoms with Crippen molar-refractivity contribution in [1.29, 1.82) is 0 Å². The highest BCUT2D eigenvalue weighted by Crippen LogP contribution is 2.21. The van der Waals surface area contributed by atoms with Crippen molar-refractivity contribution < 1.29 is 18.0 Å². The molecule has 0 aliphatic heterocycles. The van der Waals surface area contributed by atoms with Crippen LogP contribution in [0.15, 0.2) is 53.0 Å². The predicted octanol–water partition coefficient (Wildman–Crippen LogP) is 3.71. The number of aryl methyl sites for hydroxylation is 1. The average Bonchev–Trinajstić information content (AvgIpc) is 2.74. The Kier molecular flexibility index (Phi) is 9.48. The number of sulfonamides is 1. The molecule has 0 saturated heterocycles. The Morgan fingerprint density at radius 2 is 1.58 bits per heavy atom. The Labute approximate surface area is 205 Å². The number of amides is 2. The van der Waals surface area contributed by atoms with Gasteiger partial charge in [-0.05, 0) is 49.6 Å². The molecule has 0 spiro atoms. The molecule has 180 valence electrons. The largest absolute Gasteiger partial charge is 0.354 e. The molecule has 0 unspecified atom stereocenters. The molecule has 33 heavy (non-hydrogen) atoms. The first-order valence-electron chi connectivity index (χ1n) is 10.7. The molecular formula is C24H32BrN3O4S. The number of rotatable bonds is 10. The van der Waals surface area contributed by atoms with Gasteiger partial charge >= 0.3 is 0 Å². The van der Waals surface area contributed by atoms with E-state index in [2.05, 4.69) is 21.2 Å². The van der Waals surface area contributed by atoms with E-state index in [1.165, 1.54) is 4.90 Å². The van der Waals surface area contributed by atoms with Gasteiger partial charge < -0.3 is 10.2 Å². The molecule has 0 bridgehead atoms. The van der Waals surface area contributed by atoms with Crippen molar-refractivity contribution >= 4 is 43.5 Å². The van der Waals surface area contributed by atoms with E-state index in [0.717, 1.165) is 26.2 Å². The van der Waals surface area contributed by atoms with Gasteiger partial charge in [-0.3, -0.25) is 13.9 Å². The number of nitrogens with one attached hydrogen (secondary N) is 1. The van der Waals surface area contributed by atoms with Gasteiger partial charge in [0, 0.05) is 17.6 Å². The van der Waals surface area contributed by atoms with Crippen LogP contribution in [0.25, 0.3) is 0 Å². The van der Waals surface area contributed by atoms with Gasteiger partial charge in [-0.1, -0.05) is 59.6 Å². The molecule has 0 radical (unpaired) electrons. The Hall–Kier alpha value is -2.39. The molecule has 0 aromatic heterocycles. The second-order valence-corrected chi connectivity index (χ2v) is 11.4. The minimum Gasteiger partial charge on any atom is -0.354 e. The zero-order valence-electron chi connectivity index (χ0n) is 19.7. The van der Waals surface area contributed by atoms with Crippen molar-refractivity contribution in [3.8, 4) is 0 Å². The number of anilines is 1. The number of benzene rings is 2. The summed E-state index contributed by atoms with van der Waals surface area (Å²) in [6.45, 7) is 7.87. The maximum atomic E-state index is 13.4. The van der Waals surface area contributed by atoms with Gasteiger partial charge in [-0.25, -0.2) is 8.42 Å². The zero-order chi connectivity index (χ0) is 24.8. The van der Waals surface area contributed by atoms with Crippen molar-refractivity contribution in [2.24, 2.45) is 5.92 Å². The maximum Gasteiger partial charge on any atom is 0.244 e. The molecular weight excluding hydrogens is 506 g/mol. The molecule has 2 amide bonds. The maximum absolute atomic E-state index is 13.4. The molecule has 1 atom stereocenters. The fourth-order valence-corrected chi connectivity index (χ4v) is 4.26. The second-order valence-electron chi connectivity index (χ2n) is 8.57. The normalized spacial score (nSPS) is 12.3. The summed E-state index contributed by atoms with van der Waals surface area (Å²) in [6.07, 6.45) is 1.06. The zero-order valence-corrected chi connectivity index (χ0v) is 22.1. The van der Waals surface area contributed by atoms with Crippen LogP contribution < -0.4 is 9.62 Å². The van der Waals surface area contributed by atoms with Crippen LogP contribution in [0.1, 0.15) is 31.9 Å². The number of nitrogens with zero attached hydrogens (tertiary/aromatic N) is 2. The molecule has 7 nitrogen and oxygen atoms in total. The molecule has 2 aromatic carbocycles. The van der Waals surface area contributed by atoms with Gasteiger partial charge in [0.25, 0.3) is 0 Å². The van der Waals surface area contributed by atoms with Gasteiger partial charge in [0.2, 0.25) is 21.8 Å². The average molecular weight is 539 g/mol. The van der Waals surface area contributed by atoms with Gasteiger partial charge in [-0.15, -0.1) is 0 Å². The highest BCUT2D eigenvalue weighted by Gasteiger charge is 2.30. The minimum absolute atomic E-state index is 0.188. The summed E-state index contributed by atoms with van der Waals surface area (Å²) in [5.74, 6) is -0.477. The van der Waals surface area contributed by atoms with Crippen LogP contribution >= 0.6 is 15.9 Å². The monoisotopic (exact) mass is 537 g/mol. The summed E-state index contributed by atoms with van der Waals surface area (Å²) in [5, 5.41) is 2.86. The molecule has 0 aliphatic rings. The molecule has 0 heterocycles. The van der Waals surface area contributed by atoms with E-state index in [0.29, 0.717) is 12.2 Å². The summed E-state index contributed by atoms with van der Waals surface area (Å²) in [6, 6.07) is 13.6. The lowest BCUT2D eigenvalue weighted by Crippen LogP contribution is -2.51. The first-order valence-corrected chi connectivity index (χ1v) is 13.4. The number of carbonyl (C=O) groups excluding carboxylic acids is 2. The summed E-state index contributed by atoms with van der Waals surface area (Å²) >= 11 is 3.33. The van der Waals surface area contributed by atoms with Crippen LogP contribution in [-0.4, -0.2) is 50.5 Å². The third kappa shape index (κ3) is 8.16. The standard InChI is InChI=1S/C24H32BrN3O4S/c1-17(2)14-26-24(30)19(4)27(15-20-8-6-18(3)7-9-20)23(29)16-28(33(5,31)32)22-12-10-21(25)11-13-22/h6-13,17,19H,14-16H2,1-5H3,(H,26,30)/t19-/m0/s1. The van der Waals surface area contributed by atoms with Crippen LogP contribution in [0.4, 0.5) is 5.69 Å². The Morgan fingerprint density at radius 1 is 1.00 bits per heavy atom. The van der Waals surface area contributed by atoms with Crippen molar-refractivity contribution in [3.63, 3.8) is 0 Å². The van der Waals surface area contributed by atoms with E-state index in [1.807, 2.05) is 45.0 Å². The van der Waals surface area contributed by atoms with Crippen molar-refractivity contribution in [2.45, 2.75) is 40.3 Å². The molecule has 2 aromatic rings. The summed E-state index contributed by atoms with van der Waals surface area (Å²) < 4.78 is 26.9. The van der Waals surface area contributed by atoms with Crippen LogP contribution in [0.5, 0.6) is 0 Å². The summed E-state index contributed by atoms with van der Waals surface area (Å²) in [5.41, 5.74) is 2.31. The van der Waals surface area contributed by atoms with E-state index >= 15 is 0 Å². The van der Waals surface area contributed by atoms with Crippen LogP contribution in [0, 0.1) is 12.8 Å². The van der Waals surface area contributed by atoms with Crippen LogP contribution in [-0.2, 0) is 26.2 Å². The topological polar surface area (TPSA) is 86.8 Å². The number of halogens is 1. The van der Waals surface area contributed by atoms with Crippen molar-refractivity contribution in [1.82, 2.24) is 10.2 Å². The highest BCUT2D eigenvalue weighted by molar-refractivity contribution is 9.10. The lowest BCUT2D eigenvalue weighted by atomic mass is 10.1. The molecule has 1 N–H and O–H groups in total. The Balaban J connectivity index is 2.34. The predicted molar refractivity (Wildman–Crippen MR) is 135 cm³/mol. The fraction of sp³-hybridized carbons (Fsp3) is 0.417. The minimum atomic E-state index is -3.74. The summed E-state index contributed by atoms with van der Waals surface area (Å²) in [4.78, 5) is 27.6. The SMILES string of the molecule is Cc1ccc(CN(C(=O)CN(c2ccc(Br)cc2)S(C)(=O)=O)[C@@H](C)C(=O)NCC(C)C)cc1. The van der Waals surface area contributed by atoms with E-state index in [1.54, 1.807) is 31.2 Å². The Bertz CT molecular complexity index is 1050. The molecule has 0 saturated carbocycles. The van der Waals surface area contributed by atoms with Crippen LogP contribution in [0.3, 0.4) is 0 Å². The summed E-state index contributed by atoms with van der Waals surface area (Å²) in [7, 11) is -3.74. The third-order valence-corrected chi connectivity index (χ3v) is 6.79. The van der Waals surface area contributed by atoms with E-state index in [-0.39, 0.29) is 18.4 Å². The third-order valence-electron chi connectivity index (χ3n) is 5.12. The Morgan fingerprint density at radius 3 is 2.09 bits per heavy atom. The van der Waals surface area contributed by atoms with E-state index < -0.39 is 28.5 Å². The quantitative estimate of drug-likeness (QED) is 0.500. The molecule has 0 aliphatic carbocycles. The molecule has 0 fully saturated rings. The number of hydrogen-bond donors (Lipinski definition) is 1. The second kappa shape index (κ2) is 11.7. The van der Waals surface area contributed by atoms with Gasteiger partial charge in [0.1, 0.15) is 12.6 Å². The van der Waals surface area contributed by atoms with E-state index in [4.69, 9.17) is 0 Å². The molecule has 9 heteroatoms. The van der Waals surface area contributed by atoms with Gasteiger partial charge in [0.15, 0.2) is 0 Å². The highest BCUT2D eigenvalue weighted by atomic mass is 79.9. The van der Waals surface area contributed by atoms with Crippen molar-refractivity contribution in [2.75, 3.05) is 23.7 Å². The number of hydrogen-bond acceptors (Lipinski definition) is 4. The fourth-order valence-electron chi connectivity index (χ4n) is 3.15. The van der Waals surface area contributed by atoms with Gasteiger partial charge in [0.05, 0.1) is 11.9 Å². The molecule has 2 rings (SSSR count). The van der Waals surface area contributed by atoms with Crippen molar-refractivity contribution in [3.05, 3.63) is 64.1 Å².